The highest BCUT2D eigenvalue weighted by Crippen LogP contribution is 2.41. The maximum atomic E-state index is 10.9. The van der Waals surface area contributed by atoms with Crippen molar-refractivity contribution in [1.82, 2.24) is 4.90 Å². The highest BCUT2D eigenvalue weighted by molar-refractivity contribution is 5.87. The molecule has 2 aliphatic rings. The molecule has 96 valence electrons. The molecule has 0 radical (unpaired) electrons. The molecule has 1 heterocycles. The molecule has 3 rings (SSSR count). The van der Waals surface area contributed by atoms with Gasteiger partial charge in [-0.15, -0.1) is 0 Å². The first-order chi connectivity index (χ1) is 8.72. The summed E-state index contributed by atoms with van der Waals surface area (Å²) in [7, 11) is 0. The second-order valence-corrected chi connectivity index (χ2v) is 5.63. The smallest absolute Gasteiger partial charge is 0.335 e. The molecule has 2 fully saturated rings. The minimum Gasteiger partial charge on any atom is -0.478 e. The zero-order chi connectivity index (χ0) is 12.5. The molecule has 0 spiro atoms. The van der Waals surface area contributed by atoms with E-state index in [1.165, 1.54) is 32.4 Å². The largest absolute Gasteiger partial charge is 0.478 e. The molecule has 1 atom stereocenters. The molecule has 1 saturated heterocycles. The number of hydrogen-bond donors (Lipinski definition) is 1. The highest BCUT2D eigenvalue weighted by Gasteiger charge is 2.35. The Bertz CT molecular complexity index is 454. The van der Waals surface area contributed by atoms with Gasteiger partial charge in [0.05, 0.1) is 5.56 Å². The molecule has 1 N–H and O–H groups in total. The lowest BCUT2D eigenvalue weighted by atomic mass is 10.0. The molecular weight excluding hydrogens is 226 g/mol. The molecule has 0 amide bonds. The minimum absolute atomic E-state index is 0.394. The van der Waals surface area contributed by atoms with Crippen LogP contribution in [0.4, 0.5) is 0 Å². The molecule has 18 heavy (non-hydrogen) atoms. The monoisotopic (exact) mass is 245 g/mol. The van der Waals surface area contributed by atoms with Gasteiger partial charge in [-0.25, -0.2) is 4.79 Å². The Balaban J connectivity index is 1.62. The average Bonchev–Trinajstić information content (AvgIpc) is 3.11. The van der Waals surface area contributed by atoms with Crippen molar-refractivity contribution in [2.45, 2.75) is 25.8 Å². The summed E-state index contributed by atoms with van der Waals surface area (Å²) in [6.45, 7) is 3.25. The third-order valence-electron chi connectivity index (χ3n) is 4.18. The predicted molar refractivity (Wildman–Crippen MR) is 69.5 cm³/mol. The minimum atomic E-state index is -0.839. The van der Waals surface area contributed by atoms with Gasteiger partial charge >= 0.3 is 5.97 Å². The molecular formula is C15H19NO2. The average molecular weight is 245 g/mol. The van der Waals surface area contributed by atoms with E-state index < -0.39 is 5.97 Å². The van der Waals surface area contributed by atoms with Crippen LogP contribution in [0.2, 0.25) is 0 Å². The number of likely N-dealkylation sites (tertiary alicyclic amines) is 1. The standard InChI is InChI=1S/C15H19NO2/c17-15(18)13-3-1-2-11(8-13)9-16-7-6-14(10-16)12-4-5-12/h1-3,8,12,14H,4-7,9-10H2,(H,17,18). The zero-order valence-corrected chi connectivity index (χ0v) is 10.5. The molecule has 3 nitrogen and oxygen atoms in total. The Hall–Kier alpha value is -1.35. The molecule has 1 unspecified atom stereocenters. The van der Waals surface area contributed by atoms with Gasteiger partial charge in [-0.1, -0.05) is 12.1 Å². The summed E-state index contributed by atoms with van der Waals surface area (Å²) in [5, 5.41) is 8.98. The third kappa shape index (κ3) is 2.56. The molecule has 1 aromatic rings. The lowest BCUT2D eigenvalue weighted by Crippen LogP contribution is -2.20. The number of carbonyl (C=O) groups is 1. The zero-order valence-electron chi connectivity index (χ0n) is 10.5. The molecule has 1 aliphatic carbocycles. The molecule has 1 saturated carbocycles. The van der Waals surface area contributed by atoms with Crippen LogP contribution in [-0.4, -0.2) is 29.1 Å². The first-order valence-electron chi connectivity index (χ1n) is 6.77. The normalized spacial score (nSPS) is 24.3. The van der Waals surface area contributed by atoms with Crippen molar-refractivity contribution in [3.05, 3.63) is 35.4 Å². The van der Waals surface area contributed by atoms with Crippen LogP contribution in [0, 0.1) is 11.8 Å². The summed E-state index contributed by atoms with van der Waals surface area (Å²) in [4.78, 5) is 13.4. The van der Waals surface area contributed by atoms with Crippen LogP contribution in [0.5, 0.6) is 0 Å². The highest BCUT2D eigenvalue weighted by atomic mass is 16.4. The van der Waals surface area contributed by atoms with Crippen LogP contribution in [0.15, 0.2) is 24.3 Å². The fourth-order valence-corrected chi connectivity index (χ4v) is 3.02. The van der Waals surface area contributed by atoms with Crippen molar-refractivity contribution in [3.8, 4) is 0 Å². The number of carboxylic acids is 1. The van der Waals surface area contributed by atoms with Gasteiger partial charge in [-0.05, 0) is 55.3 Å². The van der Waals surface area contributed by atoms with Crippen molar-refractivity contribution >= 4 is 5.97 Å². The second kappa shape index (κ2) is 4.73. The van der Waals surface area contributed by atoms with Crippen molar-refractivity contribution in [2.24, 2.45) is 11.8 Å². The Morgan fingerprint density at radius 2 is 2.11 bits per heavy atom. The van der Waals surface area contributed by atoms with E-state index in [2.05, 4.69) is 4.90 Å². The van der Waals surface area contributed by atoms with Crippen LogP contribution < -0.4 is 0 Å². The van der Waals surface area contributed by atoms with E-state index in [4.69, 9.17) is 5.11 Å². The summed E-state index contributed by atoms with van der Waals surface area (Å²) in [6.07, 6.45) is 4.17. The molecule has 1 aliphatic heterocycles. The Morgan fingerprint density at radius 3 is 2.83 bits per heavy atom. The van der Waals surface area contributed by atoms with E-state index in [1.807, 2.05) is 12.1 Å². The number of hydrogen-bond acceptors (Lipinski definition) is 2. The van der Waals surface area contributed by atoms with Crippen molar-refractivity contribution in [3.63, 3.8) is 0 Å². The van der Waals surface area contributed by atoms with Crippen LogP contribution in [0.25, 0.3) is 0 Å². The van der Waals surface area contributed by atoms with Crippen LogP contribution in [-0.2, 0) is 6.54 Å². The van der Waals surface area contributed by atoms with Crippen LogP contribution >= 0.6 is 0 Å². The van der Waals surface area contributed by atoms with Gasteiger partial charge < -0.3 is 5.11 Å². The second-order valence-electron chi connectivity index (χ2n) is 5.63. The summed E-state index contributed by atoms with van der Waals surface area (Å²) in [6, 6.07) is 7.32. The fraction of sp³-hybridized carbons (Fsp3) is 0.533. The lowest BCUT2D eigenvalue weighted by molar-refractivity contribution is 0.0696. The van der Waals surface area contributed by atoms with Gasteiger partial charge in [-0.2, -0.15) is 0 Å². The summed E-state index contributed by atoms with van der Waals surface area (Å²) in [5.74, 6) is 1.04. The van der Waals surface area contributed by atoms with Gasteiger partial charge in [0.25, 0.3) is 0 Å². The summed E-state index contributed by atoms with van der Waals surface area (Å²) >= 11 is 0. The number of carboxylic acid groups (broad SMARTS) is 1. The summed E-state index contributed by atoms with van der Waals surface area (Å²) < 4.78 is 0. The molecule has 0 aromatic heterocycles. The Labute approximate surface area is 107 Å². The van der Waals surface area contributed by atoms with Gasteiger partial charge in [0.1, 0.15) is 0 Å². The van der Waals surface area contributed by atoms with Crippen molar-refractivity contribution in [2.75, 3.05) is 13.1 Å². The number of nitrogens with zero attached hydrogens (tertiary/aromatic N) is 1. The third-order valence-corrected chi connectivity index (χ3v) is 4.18. The van der Waals surface area contributed by atoms with Crippen molar-refractivity contribution < 1.29 is 9.90 Å². The van der Waals surface area contributed by atoms with E-state index in [0.29, 0.717) is 5.56 Å². The van der Waals surface area contributed by atoms with E-state index in [0.717, 1.165) is 23.9 Å². The van der Waals surface area contributed by atoms with E-state index >= 15 is 0 Å². The fourth-order valence-electron chi connectivity index (χ4n) is 3.02. The van der Waals surface area contributed by atoms with Gasteiger partial charge in [0.15, 0.2) is 0 Å². The first-order valence-corrected chi connectivity index (χ1v) is 6.77. The first kappa shape index (κ1) is 11.7. The van der Waals surface area contributed by atoms with Crippen LogP contribution in [0.3, 0.4) is 0 Å². The summed E-state index contributed by atoms with van der Waals surface area (Å²) in [5.41, 5.74) is 1.51. The van der Waals surface area contributed by atoms with Gasteiger partial charge in [0.2, 0.25) is 0 Å². The predicted octanol–water partition coefficient (Wildman–Crippen LogP) is 2.62. The number of benzene rings is 1. The molecule has 1 aromatic carbocycles. The van der Waals surface area contributed by atoms with Crippen LogP contribution in [0.1, 0.15) is 35.2 Å². The van der Waals surface area contributed by atoms with E-state index in [1.54, 1.807) is 12.1 Å². The SMILES string of the molecule is O=C(O)c1cccc(CN2CCC(C3CC3)C2)c1. The van der Waals surface area contributed by atoms with Gasteiger partial charge in [-0.3, -0.25) is 4.90 Å². The van der Waals surface area contributed by atoms with Gasteiger partial charge in [0, 0.05) is 13.1 Å². The maximum Gasteiger partial charge on any atom is 0.335 e. The van der Waals surface area contributed by atoms with Crippen molar-refractivity contribution in [1.29, 1.82) is 0 Å². The number of aromatic carboxylic acids is 1. The Morgan fingerprint density at radius 1 is 1.28 bits per heavy atom. The molecule has 3 heteroatoms. The number of rotatable bonds is 4. The molecule has 0 bridgehead atoms. The maximum absolute atomic E-state index is 10.9. The van der Waals surface area contributed by atoms with E-state index in [-0.39, 0.29) is 0 Å². The quantitative estimate of drug-likeness (QED) is 0.886. The topological polar surface area (TPSA) is 40.5 Å². The Kier molecular flexibility index (Phi) is 3.08. The van der Waals surface area contributed by atoms with E-state index in [9.17, 15) is 4.79 Å². The lowest BCUT2D eigenvalue weighted by Gasteiger charge is -2.16.